The van der Waals surface area contributed by atoms with Crippen LogP contribution < -0.4 is 0 Å². The number of aliphatic hydroxyl groups excluding tert-OH is 1. The summed E-state index contributed by atoms with van der Waals surface area (Å²) in [5.74, 6) is -0.621. The minimum absolute atomic E-state index is 0.128. The summed E-state index contributed by atoms with van der Waals surface area (Å²) in [5.41, 5.74) is -0.494. The van der Waals surface area contributed by atoms with Gasteiger partial charge < -0.3 is 9.84 Å². The summed E-state index contributed by atoms with van der Waals surface area (Å²) in [6.45, 7) is 8.49. The largest absolute Gasteiger partial charge is 0.512 e. The second-order valence-corrected chi connectivity index (χ2v) is 3.33. The molecule has 0 rings (SSSR count). The number of carbonyl (C=O) groups is 1. The van der Waals surface area contributed by atoms with Crippen molar-refractivity contribution in [1.29, 1.82) is 0 Å². The van der Waals surface area contributed by atoms with Crippen LogP contribution in [-0.2, 0) is 9.53 Å². The van der Waals surface area contributed by atoms with Crippen LogP contribution in [0.1, 0.15) is 27.2 Å². The van der Waals surface area contributed by atoms with E-state index in [0.29, 0.717) is 0 Å². The maximum Gasteiger partial charge on any atom is 0.313 e. The van der Waals surface area contributed by atoms with Crippen LogP contribution in [0, 0.1) is 0 Å². The van der Waals surface area contributed by atoms with E-state index in [1.807, 2.05) is 0 Å². The molecule has 0 amide bonds. The Morgan fingerprint density at radius 2 is 2.00 bits per heavy atom. The molecule has 0 aliphatic carbocycles. The molecule has 0 bridgehead atoms. The maximum atomic E-state index is 10.8. The van der Waals surface area contributed by atoms with Crippen LogP contribution >= 0.6 is 0 Å². The summed E-state index contributed by atoms with van der Waals surface area (Å²) in [7, 11) is 0. The van der Waals surface area contributed by atoms with E-state index in [0.717, 1.165) is 0 Å². The Hall–Kier alpha value is -0.990. The number of ether oxygens (including phenoxy) is 1. The van der Waals surface area contributed by atoms with Gasteiger partial charge in [0.25, 0.3) is 0 Å². The molecule has 3 heteroatoms. The van der Waals surface area contributed by atoms with Gasteiger partial charge in [-0.2, -0.15) is 0 Å². The fourth-order valence-electron chi connectivity index (χ4n) is 0.544. The molecule has 0 aromatic carbocycles. The fraction of sp³-hybridized carbons (Fsp3) is 0.625. The molecule has 64 valence electrons. The van der Waals surface area contributed by atoms with E-state index in [9.17, 15) is 4.79 Å². The molecule has 0 fully saturated rings. The third kappa shape index (κ3) is 6.90. The van der Waals surface area contributed by atoms with Crippen molar-refractivity contribution in [2.75, 3.05) is 0 Å². The summed E-state index contributed by atoms with van der Waals surface area (Å²) in [5, 5.41) is 8.62. The standard InChI is InChI=1S/C8H14O3/c1-6(9)5-7(10)11-8(2,3)4/h9H,1,5H2,2-4H3. The van der Waals surface area contributed by atoms with Crippen LogP contribution in [0.2, 0.25) is 0 Å². The number of carbonyl (C=O) groups excluding carboxylic acids is 1. The topological polar surface area (TPSA) is 46.5 Å². The van der Waals surface area contributed by atoms with Crippen molar-refractivity contribution in [3.8, 4) is 0 Å². The lowest BCUT2D eigenvalue weighted by atomic mass is 10.2. The summed E-state index contributed by atoms with van der Waals surface area (Å²) >= 11 is 0. The first kappa shape index (κ1) is 10.0. The molecule has 0 aromatic rings. The van der Waals surface area contributed by atoms with Gasteiger partial charge in [-0.1, -0.05) is 6.58 Å². The van der Waals surface area contributed by atoms with Crippen molar-refractivity contribution in [3.05, 3.63) is 12.3 Å². The quantitative estimate of drug-likeness (QED) is 0.492. The summed E-state index contributed by atoms with van der Waals surface area (Å²) < 4.78 is 4.89. The highest BCUT2D eigenvalue weighted by molar-refractivity contribution is 5.72. The first-order valence-corrected chi connectivity index (χ1v) is 3.40. The number of hydrogen-bond donors (Lipinski definition) is 1. The van der Waals surface area contributed by atoms with E-state index in [1.54, 1.807) is 20.8 Å². The molecular weight excluding hydrogens is 144 g/mol. The first-order valence-electron chi connectivity index (χ1n) is 3.40. The lowest BCUT2D eigenvalue weighted by Gasteiger charge is -2.18. The van der Waals surface area contributed by atoms with Gasteiger partial charge in [0, 0.05) is 0 Å². The molecule has 0 saturated heterocycles. The van der Waals surface area contributed by atoms with Crippen LogP contribution in [0.5, 0.6) is 0 Å². The van der Waals surface area contributed by atoms with Crippen molar-refractivity contribution in [1.82, 2.24) is 0 Å². The van der Waals surface area contributed by atoms with Gasteiger partial charge in [0.05, 0.1) is 5.76 Å². The first-order chi connectivity index (χ1) is 4.81. The van der Waals surface area contributed by atoms with Crippen LogP contribution in [0.4, 0.5) is 0 Å². The van der Waals surface area contributed by atoms with Crippen LogP contribution in [0.15, 0.2) is 12.3 Å². The highest BCUT2D eigenvalue weighted by Crippen LogP contribution is 2.09. The lowest BCUT2D eigenvalue weighted by molar-refractivity contribution is -0.154. The Morgan fingerprint density at radius 3 is 2.27 bits per heavy atom. The van der Waals surface area contributed by atoms with E-state index < -0.39 is 11.6 Å². The van der Waals surface area contributed by atoms with E-state index in [-0.39, 0.29) is 12.2 Å². The minimum Gasteiger partial charge on any atom is -0.512 e. The van der Waals surface area contributed by atoms with Crippen molar-refractivity contribution < 1.29 is 14.6 Å². The van der Waals surface area contributed by atoms with Gasteiger partial charge in [0.15, 0.2) is 0 Å². The van der Waals surface area contributed by atoms with E-state index in [4.69, 9.17) is 9.84 Å². The molecule has 11 heavy (non-hydrogen) atoms. The van der Waals surface area contributed by atoms with Crippen molar-refractivity contribution >= 4 is 5.97 Å². The molecule has 0 aromatic heterocycles. The average Bonchev–Trinajstić information content (AvgIpc) is 1.53. The second-order valence-electron chi connectivity index (χ2n) is 3.33. The van der Waals surface area contributed by atoms with Crippen molar-refractivity contribution in [2.24, 2.45) is 0 Å². The molecule has 1 N–H and O–H groups in total. The summed E-state index contributed by atoms with van der Waals surface area (Å²) in [6.07, 6.45) is -0.128. The zero-order valence-corrected chi connectivity index (χ0v) is 7.18. The maximum absolute atomic E-state index is 10.8. The minimum atomic E-state index is -0.494. The smallest absolute Gasteiger partial charge is 0.313 e. The van der Waals surface area contributed by atoms with Gasteiger partial charge in [-0.25, -0.2) is 0 Å². The highest BCUT2D eigenvalue weighted by atomic mass is 16.6. The van der Waals surface area contributed by atoms with Gasteiger partial charge in [-0.15, -0.1) is 0 Å². The predicted octanol–water partition coefficient (Wildman–Crippen LogP) is 1.79. The zero-order valence-electron chi connectivity index (χ0n) is 7.18. The van der Waals surface area contributed by atoms with Gasteiger partial charge in [0.1, 0.15) is 12.0 Å². The Morgan fingerprint density at radius 1 is 1.55 bits per heavy atom. The zero-order chi connectivity index (χ0) is 9.07. The summed E-state index contributed by atoms with van der Waals surface area (Å²) in [4.78, 5) is 10.8. The normalized spacial score (nSPS) is 10.8. The fourth-order valence-corrected chi connectivity index (χ4v) is 0.544. The van der Waals surface area contributed by atoms with Crippen LogP contribution in [0.3, 0.4) is 0 Å². The molecule has 0 radical (unpaired) electrons. The molecule has 0 aliphatic rings. The number of aliphatic hydroxyl groups is 1. The molecule has 0 heterocycles. The van der Waals surface area contributed by atoms with Gasteiger partial charge in [-0.05, 0) is 20.8 Å². The van der Waals surface area contributed by atoms with Crippen LogP contribution in [-0.4, -0.2) is 16.7 Å². The molecular formula is C8H14O3. The lowest BCUT2D eigenvalue weighted by Crippen LogP contribution is -2.23. The molecule has 0 saturated carbocycles. The average molecular weight is 158 g/mol. The van der Waals surface area contributed by atoms with Crippen molar-refractivity contribution in [2.45, 2.75) is 32.8 Å². The number of rotatable bonds is 2. The summed E-state index contributed by atoms with van der Waals surface area (Å²) in [6, 6.07) is 0. The Kier molecular flexibility index (Phi) is 3.11. The Labute approximate surface area is 66.7 Å². The molecule has 0 unspecified atom stereocenters. The molecule has 0 aliphatic heterocycles. The van der Waals surface area contributed by atoms with Gasteiger partial charge in [-0.3, -0.25) is 4.79 Å². The molecule has 0 atom stereocenters. The SMILES string of the molecule is C=C(O)CC(=O)OC(C)(C)C. The molecule has 0 spiro atoms. The van der Waals surface area contributed by atoms with E-state index in [2.05, 4.69) is 6.58 Å². The second kappa shape index (κ2) is 3.42. The third-order valence-electron chi connectivity index (χ3n) is 0.768. The van der Waals surface area contributed by atoms with Crippen molar-refractivity contribution in [3.63, 3.8) is 0 Å². The highest BCUT2D eigenvalue weighted by Gasteiger charge is 2.16. The molecule has 3 nitrogen and oxygen atoms in total. The number of esters is 1. The van der Waals surface area contributed by atoms with Gasteiger partial charge in [0.2, 0.25) is 0 Å². The van der Waals surface area contributed by atoms with Crippen LogP contribution in [0.25, 0.3) is 0 Å². The Bertz CT molecular complexity index is 165. The Balaban J connectivity index is 3.80. The van der Waals surface area contributed by atoms with E-state index >= 15 is 0 Å². The number of hydrogen-bond acceptors (Lipinski definition) is 3. The monoisotopic (exact) mass is 158 g/mol. The van der Waals surface area contributed by atoms with Gasteiger partial charge >= 0.3 is 5.97 Å². The van der Waals surface area contributed by atoms with E-state index in [1.165, 1.54) is 0 Å². The third-order valence-corrected chi connectivity index (χ3v) is 0.768. The predicted molar refractivity (Wildman–Crippen MR) is 42.2 cm³/mol.